The predicted molar refractivity (Wildman–Crippen MR) is 97.7 cm³/mol. The quantitative estimate of drug-likeness (QED) is 0.807. The first-order valence-corrected chi connectivity index (χ1v) is 9.13. The molecule has 2 fully saturated rings. The number of fused-ring (bicyclic) bond motifs is 1. The number of aryl methyl sites for hydroxylation is 1. The van der Waals surface area contributed by atoms with Gasteiger partial charge in [0.15, 0.2) is 6.61 Å². The maximum Gasteiger partial charge on any atom is 0.490 e. The van der Waals surface area contributed by atoms with E-state index in [-0.39, 0.29) is 18.6 Å². The minimum atomic E-state index is -5.08. The Balaban J connectivity index is 0.000000370. The van der Waals surface area contributed by atoms with Crippen molar-refractivity contribution in [1.82, 2.24) is 9.80 Å². The number of ether oxygens (including phenoxy) is 2. The molecule has 0 aliphatic carbocycles. The molecular formula is C19H25F3N2O5. The number of hydrogen-bond donors (Lipinski definition) is 1. The van der Waals surface area contributed by atoms with Crippen LogP contribution in [0.3, 0.4) is 0 Å². The number of nitrogens with zero attached hydrogens (tertiary/aromatic N) is 2. The molecule has 0 unspecified atom stereocenters. The molecule has 3 rings (SSSR count). The fourth-order valence-corrected chi connectivity index (χ4v) is 3.13. The van der Waals surface area contributed by atoms with E-state index in [1.54, 1.807) is 0 Å². The normalized spacial score (nSPS) is 22.2. The van der Waals surface area contributed by atoms with Gasteiger partial charge >= 0.3 is 12.1 Å². The van der Waals surface area contributed by atoms with Crippen LogP contribution in [0.15, 0.2) is 24.3 Å². The summed E-state index contributed by atoms with van der Waals surface area (Å²) in [6.45, 7) is 6.29. The molecular weight excluding hydrogens is 393 g/mol. The van der Waals surface area contributed by atoms with Crippen molar-refractivity contribution in [2.75, 3.05) is 46.4 Å². The zero-order valence-electron chi connectivity index (χ0n) is 16.3. The molecule has 1 aromatic carbocycles. The van der Waals surface area contributed by atoms with E-state index >= 15 is 0 Å². The topological polar surface area (TPSA) is 79.3 Å². The lowest BCUT2D eigenvalue weighted by Crippen LogP contribution is -2.35. The van der Waals surface area contributed by atoms with Crippen LogP contribution in [0.4, 0.5) is 13.2 Å². The van der Waals surface area contributed by atoms with Gasteiger partial charge in [-0.2, -0.15) is 13.2 Å². The number of carboxylic acid groups (broad SMARTS) is 1. The molecule has 162 valence electrons. The van der Waals surface area contributed by atoms with Gasteiger partial charge in [0.05, 0.1) is 12.7 Å². The Kier molecular flexibility index (Phi) is 7.86. The Morgan fingerprint density at radius 2 is 1.83 bits per heavy atom. The molecule has 1 aromatic rings. The summed E-state index contributed by atoms with van der Waals surface area (Å²) in [6, 6.07) is 7.76. The van der Waals surface area contributed by atoms with Gasteiger partial charge in [0.2, 0.25) is 0 Å². The molecule has 0 saturated carbocycles. The maximum absolute atomic E-state index is 12.3. The number of likely N-dealkylation sites (N-methyl/N-ethyl adjacent to an activating group) is 1. The first-order chi connectivity index (χ1) is 13.6. The van der Waals surface area contributed by atoms with Crippen LogP contribution in [0.5, 0.6) is 5.75 Å². The maximum atomic E-state index is 12.3. The van der Waals surface area contributed by atoms with Crippen LogP contribution in [0, 0.1) is 12.8 Å². The molecule has 1 N–H and O–H groups in total. The molecule has 0 spiro atoms. The SMILES string of the molecule is Cc1ccc(OCC(=O)N2C[C@@H]3CN(C)CCO[C@@H]3C2)cc1.O=C(O)C(F)(F)F. The number of carbonyl (C=O) groups is 2. The highest BCUT2D eigenvalue weighted by atomic mass is 19.4. The Morgan fingerprint density at radius 3 is 2.41 bits per heavy atom. The first kappa shape index (κ1) is 23.0. The number of rotatable bonds is 3. The van der Waals surface area contributed by atoms with Crippen molar-refractivity contribution in [3.63, 3.8) is 0 Å². The second-order valence-corrected chi connectivity index (χ2v) is 7.13. The minimum Gasteiger partial charge on any atom is -0.484 e. The van der Waals surface area contributed by atoms with Gasteiger partial charge in [0, 0.05) is 32.1 Å². The van der Waals surface area contributed by atoms with Crippen LogP contribution in [-0.4, -0.2) is 85.5 Å². The van der Waals surface area contributed by atoms with E-state index < -0.39 is 12.1 Å². The number of alkyl halides is 3. The zero-order chi connectivity index (χ0) is 21.6. The molecule has 0 bridgehead atoms. The zero-order valence-corrected chi connectivity index (χ0v) is 16.3. The van der Waals surface area contributed by atoms with E-state index in [9.17, 15) is 18.0 Å². The average molecular weight is 418 g/mol. The van der Waals surface area contributed by atoms with Crippen molar-refractivity contribution in [3.05, 3.63) is 29.8 Å². The highest BCUT2D eigenvalue weighted by Gasteiger charge is 2.38. The molecule has 0 aromatic heterocycles. The largest absolute Gasteiger partial charge is 0.490 e. The van der Waals surface area contributed by atoms with E-state index in [1.807, 2.05) is 36.1 Å². The van der Waals surface area contributed by atoms with Crippen LogP contribution in [0.25, 0.3) is 0 Å². The van der Waals surface area contributed by atoms with Gasteiger partial charge < -0.3 is 24.4 Å². The van der Waals surface area contributed by atoms with Crippen molar-refractivity contribution in [1.29, 1.82) is 0 Å². The summed E-state index contributed by atoms with van der Waals surface area (Å²) in [7, 11) is 2.11. The number of aliphatic carboxylic acids is 1. The lowest BCUT2D eigenvalue weighted by atomic mass is 10.1. The number of benzene rings is 1. The van der Waals surface area contributed by atoms with Gasteiger partial charge in [-0.05, 0) is 26.1 Å². The highest BCUT2D eigenvalue weighted by molar-refractivity contribution is 5.78. The smallest absolute Gasteiger partial charge is 0.484 e. The fourth-order valence-electron chi connectivity index (χ4n) is 3.13. The monoisotopic (exact) mass is 418 g/mol. The van der Waals surface area contributed by atoms with Crippen LogP contribution >= 0.6 is 0 Å². The third-order valence-corrected chi connectivity index (χ3v) is 4.71. The molecule has 7 nitrogen and oxygen atoms in total. The van der Waals surface area contributed by atoms with E-state index in [0.29, 0.717) is 12.5 Å². The summed E-state index contributed by atoms with van der Waals surface area (Å²) in [4.78, 5) is 25.4. The van der Waals surface area contributed by atoms with Gasteiger partial charge in [-0.3, -0.25) is 4.79 Å². The number of carbonyl (C=O) groups excluding carboxylic acids is 1. The number of hydrogen-bond acceptors (Lipinski definition) is 5. The Bertz CT molecular complexity index is 696. The fraction of sp³-hybridized carbons (Fsp3) is 0.579. The summed E-state index contributed by atoms with van der Waals surface area (Å²) < 4.78 is 43.2. The third kappa shape index (κ3) is 7.21. The summed E-state index contributed by atoms with van der Waals surface area (Å²) in [5.74, 6) is -1.56. The highest BCUT2D eigenvalue weighted by Crippen LogP contribution is 2.23. The second-order valence-electron chi connectivity index (χ2n) is 7.13. The lowest BCUT2D eigenvalue weighted by Gasteiger charge is -2.19. The van der Waals surface area contributed by atoms with Gasteiger partial charge in [0.1, 0.15) is 5.75 Å². The molecule has 29 heavy (non-hydrogen) atoms. The number of likely N-dealkylation sites (tertiary alicyclic amines) is 1. The molecule has 2 atom stereocenters. The summed E-state index contributed by atoms with van der Waals surface area (Å²) in [5.41, 5.74) is 1.18. The molecule has 1 amide bonds. The molecule has 2 aliphatic rings. The molecule has 2 saturated heterocycles. The second kappa shape index (κ2) is 9.93. The van der Waals surface area contributed by atoms with E-state index in [0.717, 1.165) is 32.0 Å². The van der Waals surface area contributed by atoms with Crippen molar-refractivity contribution in [3.8, 4) is 5.75 Å². The van der Waals surface area contributed by atoms with Crippen LogP contribution in [0.2, 0.25) is 0 Å². The van der Waals surface area contributed by atoms with Gasteiger partial charge in [-0.15, -0.1) is 0 Å². The summed E-state index contributed by atoms with van der Waals surface area (Å²) in [5, 5.41) is 7.12. The average Bonchev–Trinajstić information content (AvgIpc) is 2.95. The molecule has 2 heterocycles. The number of amides is 1. The van der Waals surface area contributed by atoms with Crippen molar-refractivity contribution in [2.45, 2.75) is 19.2 Å². The van der Waals surface area contributed by atoms with Crippen LogP contribution < -0.4 is 4.74 Å². The summed E-state index contributed by atoms with van der Waals surface area (Å²) >= 11 is 0. The number of carboxylic acids is 1. The van der Waals surface area contributed by atoms with Crippen LogP contribution in [0.1, 0.15) is 5.56 Å². The Morgan fingerprint density at radius 1 is 1.21 bits per heavy atom. The van der Waals surface area contributed by atoms with Gasteiger partial charge in [-0.1, -0.05) is 17.7 Å². The van der Waals surface area contributed by atoms with Crippen molar-refractivity contribution >= 4 is 11.9 Å². The molecule has 2 aliphatic heterocycles. The standard InChI is InChI=1S/C17H24N2O3.C2HF3O2/c1-13-3-5-15(6-4-13)22-12-17(20)19-10-14-9-18(2)7-8-21-16(14)11-19;3-2(4,5)1(6)7/h3-6,14,16H,7-12H2,1-2H3;(H,6,7)/t14-,16+;/m0./s1. The van der Waals surface area contributed by atoms with Gasteiger partial charge in [-0.25, -0.2) is 4.79 Å². The summed E-state index contributed by atoms with van der Waals surface area (Å²) in [6.07, 6.45) is -4.91. The van der Waals surface area contributed by atoms with Crippen molar-refractivity contribution in [2.24, 2.45) is 5.92 Å². The Hall–Kier alpha value is -2.33. The van der Waals surface area contributed by atoms with Crippen LogP contribution in [-0.2, 0) is 14.3 Å². The van der Waals surface area contributed by atoms with E-state index in [4.69, 9.17) is 19.4 Å². The first-order valence-electron chi connectivity index (χ1n) is 9.13. The molecule has 0 radical (unpaired) electrons. The van der Waals surface area contributed by atoms with Gasteiger partial charge in [0.25, 0.3) is 5.91 Å². The van der Waals surface area contributed by atoms with E-state index in [2.05, 4.69) is 11.9 Å². The Labute approximate surface area is 167 Å². The lowest BCUT2D eigenvalue weighted by molar-refractivity contribution is -0.192. The van der Waals surface area contributed by atoms with E-state index in [1.165, 1.54) is 5.56 Å². The minimum absolute atomic E-state index is 0.0416. The molecule has 10 heteroatoms. The third-order valence-electron chi connectivity index (χ3n) is 4.71. The number of halogens is 3. The predicted octanol–water partition coefficient (Wildman–Crippen LogP) is 1.80. The van der Waals surface area contributed by atoms with Crippen molar-refractivity contribution < 1.29 is 37.3 Å².